The maximum absolute atomic E-state index is 13.0. The molecule has 0 aliphatic rings. The fourth-order valence-corrected chi connectivity index (χ4v) is 1.42. The van der Waals surface area contributed by atoms with Crippen molar-refractivity contribution in [1.82, 2.24) is 5.32 Å². The van der Waals surface area contributed by atoms with Gasteiger partial charge in [-0.1, -0.05) is 0 Å². The van der Waals surface area contributed by atoms with Crippen LogP contribution in [-0.4, -0.2) is 26.4 Å². The molecule has 0 aliphatic carbocycles. The van der Waals surface area contributed by atoms with Gasteiger partial charge in [-0.15, -0.1) is 0 Å². The average molecular weight is 241 g/mol. The number of benzene rings is 1. The molecule has 4 nitrogen and oxygen atoms in total. The van der Waals surface area contributed by atoms with Crippen molar-refractivity contribution in [3.05, 3.63) is 29.6 Å². The second-order valence-electron chi connectivity index (χ2n) is 3.35. The summed E-state index contributed by atoms with van der Waals surface area (Å²) in [5.74, 6) is 0.286. The Bertz CT molecular complexity index is 382. The maximum Gasteiger partial charge on any atom is 0.407 e. The van der Waals surface area contributed by atoms with Crippen molar-refractivity contribution in [1.29, 1.82) is 0 Å². The van der Waals surface area contributed by atoms with Gasteiger partial charge in [-0.2, -0.15) is 0 Å². The van der Waals surface area contributed by atoms with E-state index in [4.69, 9.17) is 9.47 Å². The second-order valence-corrected chi connectivity index (χ2v) is 3.35. The highest BCUT2D eigenvalue weighted by Gasteiger charge is 2.05. The Labute approximate surface area is 99.7 Å². The van der Waals surface area contributed by atoms with Crippen LogP contribution >= 0.6 is 0 Å². The van der Waals surface area contributed by atoms with Gasteiger partial charge in [-0.3, -0.25) is 0 Å². The molecule has 0 bridgehead atoms. The summed E-state index contributed by atoms with van der Waals surface area (Å²) in [5.41, 5.74) is 0.712. The van der Waals surface area contributed by atoms with Gasteiger partial charge in [0.1, 0.15) is 11.6 Å². The van der Waals surface area contributed by atoms with Crippen LogP contribution in [0.4, 0.5) is 9.18 Å². The Balaban J connectivity index is 2.50. The molecule has 0 spiro atoms. The van der Waals surface area contributed by atoms with Gasteiger partial charge in [0.25, 0.3) is 0 Å². The summed E-state index contributed by atoms with van der Waals surface area (Å²) in [5, 5.41) is 2.56. The Morgan fingerprint density at radius 2 is 2.24 bits per heavy atom. The molecule has 1 rings (SSSR count). The number of methoxy groups -OCH3 is 1. The highest BCUT2D eigenvalue weighted by Crippen LogP contribution is 2.19. The Hall–Kier alpha value is -1.78. The van der Waals surface area contributed by atoms with Crippen LogP contribution in [0.3, 0.4) is 0 Å². The third-order valence-electron chi connectivity index (χ3n) is 2.18. The van der Waals surface area contributed by atoms with Crippen molar-refractivity contribution in [3.63, 3.8) is 0 Å². The number of carbonyl (C=O) groups is 1. The molecular weight excluding hydrogens is 225 g/mol. The number of nitrogens with one attached hydrogen (secondary N) is 1. The molecule has 0 radical (unpaired) electrons. The van der Waals surface area contributed by atoms with Gasteiger partial charge >= 0.3 is 6.09 Å². The van der Waals surface area contributed by atoms with Gasteiger partial charge in [-0.05, 0) is 37.1 Å². The first-order valence-corrected chi connectivity index (χ1v) is 5.40. The number of rotatable bonds is 5. The summed E-state index contributed by atoms with van der Waals surface area (Å²) in [6.07, 6.45) is 0.0163. The van der Waals surface area contributed by atoms with Crippen LogP contribution in [0.1, 0.15) is 12.5 Å². The minimum absolute atomic E-state index is 0.322. The van der Waals surface area contributed by atoms with Gasteiger partial charge in [0, 0.05) is 6.54 Å². The fourth-order valence-electron chi connectivity index (χ4n) is 1.42. The number of hydrogen-bond acceptors (Lipinski definition) is 3. The normalized spacial score (nSPS) is 9.82. The Morgan fingerprint density at radius 1 is 1.47 bits per heavy atom. The van der Waals surface area contributed by atoms with Crippen molar-refractivity contribution in [2.24, 2.45) is 0 Å². The number of amides is 1. The van der Waals surface area contributed by atoms with Crippen LogP contribution in [0.5, 0.6) is 5.75 Å². The van der Waals surface area contributed by atoms with E-state index < -0.39 is 6.09 Å². The zero-order chi connectivity index (χ0) is 12.7. The molecule has 0 atom stereocenters. The highest BCUT2D eigenvalue weighted by molar-refractivity contribution is 5.67. The molecule has 0 saturated carbocycles. The van der Waals surface area contributed by atoms with Crippen LogP contribution in [0.15, 0.2) is 18.2 Å². The third-order valence-corrected chi connectivity index (χ3v) is 2.18. The van der Waals surface area contributed by atoms with Crippen LogP contribution in [0.2, 0.25) is 0 Å². The molecule has 0 aromatic heterocycles. The van der Waals surface area contributed by atoms with E-state index in [9.17, 15) is 9.18 Å². The predicted octanol–water partition coefficient (Wildman–Crippen LogP) is 2.12. The molecule has 17 heavy (non-hydrogen) atoms. The van der Waals surface area contributed by atoms with E-state index in [2.05, 4.69) is 5.32 Å². The quantitative estimate of drug-likeness (QED) is 0.859. The van der Waals surface area contributed by atoms with Crippen LogP contribution in [0.25, 0.3) is 0 Å². The van der Waals surface area contributed by atoms with E-state index in [0.29, 0.717) is 30.9 Å². The number of carbonyl (C=O) groups excluding carboxylic acids is 1. The van der Waals surface area contributed by atoms with Gasteiger partial charge < -0.3 is 14.8 Å². The first-order chi connectivity index (χ1) is 8.17. The molecule has 1 aromatic rings. The average Bonchev–Trinajstić information content (AvgIpc) is 2.30. The predicted molar refractivity (Wildman–Crippen MR) is 61.7 cm³/mol. The number of hydrogen-bond donors (Lipinski definition) is 1. The van der Waals surface area contributed by atoms with E-state index in [1.54, 1.807) is 13.0 Å². The Morgan fingerprint density at radius 3 is 2.88 bits per heavy atom. The molecule has 0 aliphatic heterocycles. The van der Waals surface area contributed by atoms with Gasteiger partial charge in [0.15, 0.2) is 0 Å². The van der Waals surface area contributed by atoms with E-state index in [0.717, 1.165) is 0 Å². The second kappa shape index (κ2) is 6.73. The van der Waals surface area contributed by atoms with E-state index in [1.165, 1.54) is 19.2 Å². The number of ether oxygens (including phenoxy) is 2. The first-order valence-electron chi connectivity index (χ1n) is 5.40. The largest absolute Gasteiger partial charge is 0.496 e. The minimum Gasteiger partial charge on any atom is -0.496 e. The topological polar surface area (TPSA) is 47.6 Å². The van der Waals surface area contributed by atoms with Crippen molar-refractivity contribution >= 4 is 6.09 Å². The SMILES string of the molecule is CCOC(=O)NCCc1cc(F)ccc1OC. The van der Waals surface area contributed by atoms with Crippen molar-refractivity contribution in [2.45, 2.75) is 13.3 Å². The van der Waals surface area contributed by atoms with Crippen LogP contribution < -0.4 is 10.1 Å². The smallest absolute Gasteiger partial charge is 0.407 e. The highest BCUT2D eigenvalue weighted by atomic mass is 19.1. The molecule has 0 heterocycles. The van der Waals surface area contributed by atoms with E-state index in [1.807, 2.05) is 0 Å². The number of alkyl carbamates (subject to hydrolysis) is 1. The zero-order valence-corrected chi connectivity index (χ0v) is 9.96. The van der Waals surface area contributed by atoms with E-state index in [-0.39, 0.29) is 5.82 Å². The van der Waals surface area contributed by atoms with E-state index >= 15 is 0 Å². The van der Waals surface area contributed by atoms with Crippen LogP contribution in [-0.2, 0) is 11.2 Å². The Kier molecular flexibility index (Phi) is 5.26. The molecule has 1 aromatic carbocycles. The summed E-state index contributed by atoms with van der Waals surface area (Å²) in [7, 11) is 1.52. The van der Waals surface area contributed by atoms with Crippen molar-refractivity contribution in [2.75, 3.05) is 20.3 Å². The molecule has 1 amide bonds. The fraction of sp³-hybridized carbons (Fsp3) is 0.417. The summed E-state index contributed by atoms with van der Waals surface area (Å²) >= 11 is 0. The summed E-state index contributed by atoms with van der Waals surface area (Å²) in [6.45, 7) is 2.43. The monoisotopic (exact) mass is 241 g/mol. The lowest BCUT2D eigenvalue weighted by molar-refractivity contribution is 0.152. The molecule has 0 unspecified atom stereocenters. The zero-order valence-electron chi connectivity index (χ0n) is 9.96. The van der Waals surface area contributed by atoms with Gasteiger partial charge in [-0.25, -0.2) is 9.18 Å². The summed E-state index contributed by atoms with van der Waals surface area (Å²) in [4.78, 5) is 11.0. The summed E-state index contributed by atoms with van der Waals surface area (Å²) < 4.78 is 22.8. The van der Waals surface area contributed by atoms with Gasteiger partial charge in [0.05, 0.1) is 13.7 Å². The lowest BCUT2D eigenvalue weighted by atomic mass is 10.1. The van der Waals surface area contributed by atoms with Crippen molar-refractivity contribution < 1.29 is 18.7 Å². The minimum atomic E-state index is -0.470. The molecule has 1 N–H and O–H groups in total. The summed E-state index contributed by atoms with van der Waals surface area (Å²) in [6, 6.07) is 4.29. The van der Waals surface area contributed by atoms with Crippen molar-refractivity contribution in [3.8, 4) is 5.75 Å². The molecule has 0 saturated heterocycles. The maximum atomic E-state index is 13.0. The van der Waals surface area contributed by atoms with Crippen LogP contribution in [0, 0.1) is 5.82 Å². The molecule has 94 valence electrons. The molecule has 0 fully saturated rings. The molecular formula is C12H16FNO3. The van der Waals surface area contributed by atoms with Gasteiger partial charge in [0.2, 0.25) is 0 Å². The first kappa shape index (κ1) is 13.3. The lowest BCUT2D eigenvalue weighted by Crippen LogP contribution is -2.26. The standard InChI is InChI=1S/C12H16FNO3/c1-3-17-12(15)14-7-6-9-8-10(13)4-5-11(9)16-2/h4-5,8H,3,6-7H2,1-2H3,(H,14,15). The lowest BCUT2D eigenvalue weighted by Gasteiger charge is -2.09. The third kappa shape index (κ3) is 4.30. The molecule has 5 heteroatoms. The number of halogens is 1.